The number of halogens is 3. The van der Waals surface area contributed by atoms with Gasteiger partial charge in [-0.05, 0) is 29.7 Å². The Balaban J connectivity index is 2.37. The van der Waals surface area contributed by atoms with Gasteiger partial charge in [0.15, 0.2) is 9.84 Å². The molecule has 6 nitrogen and oxygen atoms in total. The van der Waals surface area contributed by atoms with Gasteiger partial charge in [0.25, 0.3) is 11.5 Å². The summed E-state index contributed by atoms with van der Waals surface area (Å²) in [5.41, 5.74) is 2.67. The van der Waals surface area contributed by atoms with Crippen molar-refractivity contribution in [3.8, 4) is 0 Å². The van der Waals surface area contributed by atoms with Gasteiger partial charge in [0.1, 0.15) is 5.56 Å². The molecule has 132 valence electrons. The fraction of sp³-hybridized carbons (Fsp3) is 0.200. The Hall–Kier alpha value is -2.62. The topological polar surface area (TPSA) is 99.2 Å². The van der Waals surface area contributed by atoms with Gasteiger partial charge in [-0.2, -0.15) is 13.2 Å². The molecule has 0 radical (unpaired) electrons. The molecule has 0 saturated carbocycles. The third kappa shape index (κ3) is 3.04. The van der Waals surface area contributed by atoms with E-state index in [9.17, 15) is 31.2 Å². The molecule has 1 unspecified atom stereocenters. The smallest absolute Gasteiger partial charge is 0.365 e. The summed E-state index contributed by atoms with van der Waals surface area (Å²) >= 11 is 0. The van der Waals surface area contributed by atoms with Gasteiger partial charge in [-0.25, -0.2) is 8.42 Å². The van der Waals surface area contributed by atoms with Crippen LogP contribution in [0.4, 0.5) is 13.2 Å². The lowest BCUT2D eigenvalue weighted by Crippen LogP contribution is -2.32. The molecule has 2 N–H and O–H groups in total. The summed E-state index contributed by atoms with van der Waals surface area (Å²) in [5.74, 6) is -1.54. The van der Waals surface area contributed by atoms with E-state index < -0.39 is 50.4 Å². The van der Waals surface area contributed by atoms with Crippen LogP contribution in [0.5, 0.6) is 0 Å². The van der Waals surface area contributed by atoms with Crippen molar-refractivity contribution < 1.29 is 26.4 Å². The lowest BCUT2D eigenvalue weighted by molar-refractivity contribution is -0.137. The van der Waals surface area contributed by atoms with E-state index in [4.69, 9.17) is 5.73 Å². The van der Waals surface area contributed by atoms with E-state index >= 15 is 0 Å². The number of benzene rings is 1. The van der Waals surface area contributed by atoms with E-state index in [1.165, 1.54) is 6.08 Å². The molecule has 1 aromatic carbocycles. The summed E-state index contributed by atoms with van der Waals surface area (Å²) < 4.78 is 63.1. The number of pyridine rings is 1. The van der Waals surface area contributed by atoms with Crippen LogP contribution in [0.2, 0.25) is 0 Å². The van der Waals surface area contributed by atoms with Crippen molar-refractivity contribution in [3.63, 3.8) is 0 Å². The highest BCUT2D eigenvalue weighted by atomic mass is 32.2. The molecule has 25 heavy (non-hydrogen) atoms. The average Bonchev–Trinajstić information content (AvgIpc) is 2.84. The highest BCUT2D eigenvalue weighted by Crippen LogP contribution is 2.32. The van der Waals surface area contributed by atoms with Crippen LogP contribution in [0.3, 0.4) is 0 Å². The summed E-state index contributed by atoms with van der Waals surface area (Å²) in [4.78, 5) is 24.0. The van der Waals surface area contributed by atoms with Gasteiger partial charge in [-0.3, -0.25) is 14.2 Å². The zero-order valence-electron chi connectivity index (χ0n) is 12.4. The quantitative estimate of drug-likeness (QED) is 0.866. The van der Waals surface area contributed by atoms with Crippen molar-refractivity contribution in [2.24, 2.45) is 5.73 Å². The first-order valence-corrected chi connectivity index (χ1v) is 8.68. The molecule has 2 heterocycles. The van der Waals surface area contributed by atoms with Gasteiger partial charge in [0, 0.05) is 5.41 Å². The Morgan fingerprint density at radius 1 is 1.24 bits per heavy atom. The Morgan fingerprint density at radius 3 is 2.44 bits per heavy atom. The third-order valence-electron chi connectivity index (χ3n) is 3.87. The van der Waals surface area contributed by atoms with Crippen LogP contribution in [0.25, 0.3) is 10.9 Å². The maximum Gasteiger partial charge on any atom is 0.416 e. The van der Waals surface area contributed by atoms with Crippen LogP contribution in [0.15, 0.2) is 40.5 Å². The lowest BCUT2D eigenvalue weighted by atomic mass is 10.1. The zero-order valence-corrected chi connectivity index (χ0v) is 13.3. The molecule has 3 rings (SSSR count). The maximum absolute atomic E-state index is 13.0. The van der Waals surface area contributed by atoms with Gasteiger partial charge >= 0.3 is 6.18 Å². The van der Waals surface area contributed by atoms with Crippen molar-refractivity contribution >= 4 is 26.6 Å². The molecule has 1 aliphatic heterocycles. The van der Waals surface area contributed by atoms with Crippen LogP contribution in [0.1, 0.15) is 22.0 Å². The van der Waals surface area contributed by atoms with Crippen molar-refractivity contribution in [2.75, 3.05) is 5.75 Å². The fourth-order valence-electron chi connectivity index (χ4n) is 2.73. The van der Waals surface area contributed by atoms with Gasteiger partial charge in [0.05, 0.1) is 22.9 Å². The molecule has 1 amide bonds. The number of hydrogen-bond acceptors (Lipinski definition) is 4. The number of aromatic nitrogens is 1. The minimum atomic E-state index is -4.64. The average molecular weight is 372 g/mol. The number of carbonyl (C=O) groups is 1. The minimum Gasteiger partial charge on any atom is -0.365 e. The summed E-state index contributed by atoms with van der Waals surface area (Å²) in [6, 6.07) is 2.74. The SMILES string of the molecule is NC(=O)c1cc2ccc(C(F)(F)F)cc2n(C2C=CS(=O)(=O)C2)c1=O. The number of rotatable bonds is 2. The van der Waals surface area contributed by atoms with E-state index in [0.717, 1.165) is 34.2 Å². The first kappa shape index (κ1) is 17.2. The Kier molecular flexibility index (Phi) is 3.75. The number of amides is 1. The van der Waals surface area contributed by atoms with Crippen LogP contribution in [-0.4, -0.2) is 24.6 Å². The first-order valence-electron chi connectivity index (χ1n) is 6.97. The number of hydrogen-bond donors (Lipinski definition) is 1. The molecule has 0 bridgehead atoms. The zero-order chi connectivity index (χ0) is 18.6. The predicted octanol–water partition coefficient (Wildman–Crippen LogP) is 1.60. The molecule has 1 aromatic heterocycles. The van der Waals surface area contributed by atoms with Gasteiger partial charge < -0.3 is 5.73 Å². The molecule has 2 aromatic rings. The largest absolute Gasteiger partial charge is 0.416 e. The molecule has 0 saturated heterocycles. The maximum atomic E-state index is 13.0. The molecule has 1 aliphatic rings. The Bertz CT molecular complexity index is 1080. The molecule has 0 aliphatic carbocycles. The van der Waals surface area contributed by atoms with Crippen LogP contribution < -0.4 is 11.3 Å². The third-order valence-corrected chi connectivity index (χ3v) is 5.25. The summed E-state index contributed by atoms with van der Waals surface area (Å²) in [6.45, 7) is 0. The van der Waals surface area contributed by atoms with E-state index in [2.05, 4.69) is 0 Å². The normalized spacial score (nSPS) is 19.4. The second-order valence-electron chi connectivity index (χ2n) is 5.59. The van der Waals surface area contributed by atoms with E-state index in [-0.39, 0.29) is 10.9 Å². The number of nitrogens with zero attached hydrogens (tertiary/aromatic N) is 1. The van der Waals surface area contributed by atoms with Crippen molar-refractivity contribution in [2.45, 2.75) is 12.2 Å². The molecule has 0 fully saturated rings. The number of fused-ring (bicyclic) bond motifs is 1. The van der Waals surface area contributed by atoms with Crippen molar-refractivity contribution in [3.05, 3.63) is 57.2 Å². The predicted molar refractivity (Wildman–Crippen MR) is 83.7 cm³/mol. The molecule has 10 heteroatoms. The van der Waals surface area contributed by atoms with Crippen molar-refractivity contribution in [1.29, 1.82) is 0 Å². The van der Waals surface area contributed by atoms with Crippen LogP contribution >= 0.6 is 0 Å². The summed E-state index contributed by atoms with van der Waals surface area (Å²) in [5, 5.41) is 1.06. The number of alkyl halides is 3. The monoisotopic (exact) mass is 372 g/mol. The van der Waals surface area contributed by atoms with Gasteiger partial charge in [0.2, 0.25) is 0 Å². The number of nitrogens with two attached hydrogens (primary N) is 1. The Labute approximate surface area is 139 Å². The highest BCUT2D eigenvalue weighted by Gasteiger charge is 2.32. The summed E-state index contributed by atoms with van der Waals surface area (Å²) in [7, 11) is -3.58. The molecular weight excluding hydrogens is 361 g/mol. The van der Waals surface area contributed by atoms with E-state index in [1.54, 1.807) is 0 Å². The molecular formula is C15H11F3N2O4S. The number of carbonyl (C=O) groups excluding carboxylic acids is 1. The highest BCUT2D eigenvalue weighted by molar-refractivity contribution is 7.94. The van der Waals surface area contributed by atoms with Crippen LogP contribution in [-0.2, 0) is 16.0 Å². The number of sulfone groups is 1. The molecule has 0 spiro atoms. The summed E-state index contributed by atoms with van der Waals surface area (Å²) in [6.07, 6.45) is -3.45. The standard InChI is InChI=1S/C15H11F3N2O4S/c16-15(17,18)9-2-1-8-5-11(13(19)21)14(22)20(12(8)6-9)10-3-4-25(23,24)7-10/h1-6,10H,7H2,(H2,19,21). The van der Waals surface area contributed by atoms with E-state index in [1.807, 2.05) is 0 Å². The minimum absolute atomic E-state index is 0.128. The van der Waals surface area contributed by atoms with Gasteiger partial charge in [-0.15, -0.1) is 0 Å². The first-order chi connectivity index (χ1) is 11.5. The fourth-order valence-corrected chi connectivity index (χ4v) is 4.00. The molecule has 1 atom stereocenters. The second kappa shape index (κ2) is 5.45. The second-order valence-corrected chi connectivity index (χ2v) is 7.53. The van der Waals surface area contributed by atoms with Gasteiger partial charge in [-0.1, -0.05) is 6.07 Å². The van der Waals surface area contributed by atoms with E-state index in [0.29, 0.717) is 0 Å². The Morgan fingerprint density at radius 2 is 1.92 bits per heavy atom. The number of allylic oxidation sites excluding steroid dienone is 1. The van der Waals surface area contributed by atoms with Crippen LogP contribution in [0, 0.1) is 0 Å². The number of primary amides is 1. The van der Waals surface area contributed by atoms with Crippen molar-refractivity contribution in [1.82, 2.24) is 4.57 Å². The lowest BCUT2D eigenvalue weighted by Gasteiger charge is -2.18.